The van der Waals surface area contributed by atoms with Crippen molar-refractivity contribution >= 4 is 12.1 Å². The standard InChI is InChI=1S/C15H11O3/c1-18-14-9-5-4-8-13(14)15(17)12-7-3-2-6-11(12)10-16/h2-9H,1H3. The number of benzene rings is 2. The monoisotopic (exact) mass is 239 g/mol. The lowest BCUT2D eigenvalue weighted by Gasteiger charge is -2.08. The van der Waals surface area contributed by atoms with E-state index in [1.165, 1.54) is 7.11 Å². The van der Waals surface area contributed by atoms with Crippen molar-refractivity contribution in [3.8, 4) is 5.75 Å². The molecule has 0 aromatic heterocycles. The van der Waals surface area contributed by atoms with Gasteiger partial charge >= 0.3 is 0 Å². The molecule has 89 valence electrons. The Balaban J connectivity index is 2.51. The van der Waals surface area contributed by atoms with Crippen molar-refractivity contribution < 1.29 is 14.3 Å². The highest BCUT2D eigenvalue weighted by atomic mass is 16.5. The summed E-state index contributed by atoms with van der Waals surface area (Å²) < 4.78 is 5.14. The summed E-state index contributed by atoms with van der Waals surface area (Å²) in [6.45, 7) is 0. The predicted molar refractivity (Wildman–Crippen MR) is 67.7 cm³/mol. The van der Waals surface area contributed by atoms with Crippen LogP contribution < -0.4 is 4.74 Å². The average Bonchev–Trinajstić information content (AvgIpc) is 2.46. The summed E-state index contributed by atoms with van der Waals surface area (Å²) in [4.78, 5) is 23.2. The number of para-hydroxylation sites is 1. The van der Waals surface area contributed by atoms with Gasteiger partial charge in [-0.2, -0.15) is 0 Å². The van der Waals surface area contributed by atoms with E-state index in [2.05, 4.69) is 0 Å². The van der Waals surface area contributed by atoms with Gasteiger partial charge in [0.05, 0.1) is 12.7 Å². The summed E-state index contributed by atoms with van der Waals surface area (Å²) in [6, 6.07) is 13.5. The van der Waals surface area contributed by atoms with Gasteiger partial charge in [-0.25, -0.2) is 0 Å². The maximum Gasteiger partial charge on any atom is 0.234 e. The maximum atomic E-state index is 12.3. The minimum absolute atomic E-state index is 0.244. The van der Waals surface area contributed by atoms with Crippen molar-refractivity contribution in [3.05, 3.63) is 65.2 Å². The lowest BCUT2D eigenvalue weighted by Crippen LogP contribution is -2.06. The van der Waals surface area contributed by atoms with Crippen LogP contribution in [0.2, 0.25) is 0 Å². The fraction of sp³-hybridized carbons (Fsp3) is 0.0667. The fourth-order valence-electron chi connectivity index (χ4n) is 1.75. The van der Waals surface area contributed by atoms with E-state index in [1.54, 1.807) is 54.8 Å². The number of methoxy groups -OCH3 is 1. The van der Waals surface area contributed by atoms with Crippen molar-refractivity contribution in [2.45, 2.75) is 0 Å². The van der Waals surface area contributed by atoms with Crippen LogP contribution in [0.4, 0.5) is 0 Å². The third-order valence-electron chi connectivity index (χ3n) is 2.63. The van der Waals surface area contributed by atoms with Gasteiger partial charge in [0.2, 0.25) is 6.29 Å². The summed E-state index contributed by atoms with van der Waals surface area (Å²) in [6.07, 6.45) is 1.77. The summed E-state index contributed by atoms with van der Waals surface area (Å²) >= 11 is 0. The Morgan fingerprint density at radius 3 is 2.28 bits per heavy atom. The molecule has 3 nitrogen and oxygen atoms in total. The van der Waals surface area contributed by atoms with Gasteiger partial charge in [-0.1, -0.05) is 36.4 Å². The third kappa shape index (κ3) is 2.15. The first-order valence-electron chi connectivity index (χ1n) is 5.43. The molecule has 2 aromatic rings. The van der Waals surface area contributed by atoms with Crippen molar-refractivity contribution in [1.29, 1.82) is 0 Å². The second-order valence-electron chi connectivity index (χ2n) is 3.68. The van der Waals surface area contributed by atoms with Gasteiger partial charge in [-0.3, -0.25) is 9.59 Å². The molecule has 0 saturated heterocycles. The van der Waals surface area contributed by atoms with E-state index in [0.29, 0.717) is 16.9 Å². The first-order chi connectivity index (χ1) is 8.77. The normalized spacial score (nSPS) is 9.83. The number of ketones is 1. The Bertz CT molecular complexity index is 588. The van der Waals surface area contributed by atoms with Crippen LogP contribution in [0.25, 0.3) is 0 Å². The Kier molecular flexibility index (Phi) is 3.53. The van der Waals surface area contributed by atoms with Gasteiger partial charge in [0.1, 0.15) is 5.75 Å². The zero-order chi connectivity index (χ0) is 13.0. The molecule has 0 heterocycles. The summed E-state index contributed by atoms with van der Waals surface area (Å²) in [5.41, 5.74) is 1.02. The van der Waals surface area contributed by atoms with Crippen molar-refractivity contribution in [3.63, 3.8) is 0 Å². The first-order valence-corrected chi connectivity index (χ1v) is 5.43. The molecule has 18 heavy (non-hydrogen) atoms. The number of rotatable bonds is 4. The summed E-state index contributed by atoms with van der Waals surface area (Å²) in [5, 5.41) is 0. The van der Waals surface area contributed by atoms with E-state index < -0.39 is 0 Å². The highest BCUT2D eigenvalue weighted by Gasteiger charge is 2.16. The van der Waals surface area contributed by atoms with Crippen molar-refractivity contribution in [1.82, 2.24) is 0 Å². The molecule has 1 radical (unpaired) electrons. The molecule has 0 aliphatic heterocycles. The minimum atomic E-state index is -0.244. The van der Waals surface area contributed by atoms with E-state index in [9.17, 15) is 9.59 Å². The second-order valence-corrected chi connectivity index (χ2v) is 3.68. The molecular weight excluding hydrogens is 228 g/mol. The van der Waals surface area contributed by atoms with Crippen LogP contribution >= 0.6 is 0 Å². The van der Waals surface area contributed by atoms with Crippen LogP contribution in [0.5, 0.6) is 5.75 Å². The van der Waals surface area contributed by atoms with E-state index in [0.717, 1.165) is 0 Å². The van der Waals surface area contributed by atoms with Gasteiger partial charge < -0.3 is 4.74 Å². The molecular formula is C15H11O3. The maximum absolute atomic E-state index is 12.3. The van der Waals surface area contributed by atoms with Crippen molar-refractivity contribution in [2.24, 2.45) is 0 Å². The predicted octanol–water partition coefficient (Wildman–Crippen LogP) is 2.38. The number of ether oxygens (including phenoxy) is 1. The van der Waals surface area contributed by atoms with Gasteiger partial charge in [0.25, 0.3) is 0 Å². The lowest BCUT2D eigenvalue weighted by atomic mass is 9.98. The Labute approximate surface area is 105 Å². The molecule has 0 saturated carbocycles. The third-order valence-corrected chi connectivity index (χ3v) is 2.63. The van der Waals surface area contributed by atoms with E-state index in [4.69, 9.17) is 4.74 Å². The average molecular weight is 239 g/mol. The van der Waals surface area contributed by atoms with Gasteiger partial charge in [-0.15, -0.1) is 0 Å². The highest BCUT2D eigenvalue weighted by Crippen LogP contribution is 2.22. The first kappa shape index (κ1) is 12.0. The molecule has 3 heteroatoms. The summed E-state index contributed by atoms with van der Waals surface area (Å²) in [5.74, 6) is 0.245. The van der Waals surface area contributed by atoms with Crippen LogP contribution in [-0.4, -0.2) is 19.2 Å². The quantitative estimate of drug-likeness (QED) is 0.769. The number of hydrogen-bond acceptors (Lipinski definition) is 3. The summed E-state index contributed by atoms with van der Waals surface area (Å²) in [7, 11) is 1.50. The van der Waals surface area contributed by atoms with Gasteiger partial charge in [0.15, 0.2) is 5.78 Å². The van der Waals surface area contributed by atoms with Gasteiger partial charge in [0, 0.05) is 11.1 Å². The van der Waals surface area contributed by atoms with Crippen LogP contribution in [0, 0.1) is 0 Å². The topological polar surface area (TPSA) is 43.4 Å². The van der Waals surface area contributed by atoms with Crippen LogP contribution in [0.15, 0.2) is 48.5 Å². The molecule has 2 aromatic carbocycles. The molecule has 0 spiro atoms. The molecule has 0 aliphatic carbocycles. The molecule has 0 atom stereocenters. The number of carbonyl (C=O) groups excluding carboxylic acids is 2. The van der Waals surface area contributed by atoms with E-state index in [-0.39, 0.29) is 11.3 Å². The van der Waals surface area contributed by atoms with Crippen LogP contribution in [0.1, 0.15) is 21.5 Å². The highest BCUT2D eigenvalue weighted by molar-refractivity contribution is 6.14. The molecule has 2 rings (SSSR count). The Hall–Kier alpha value is -2.42. The minimum Gasteiger partial charge on any atom is -0.496 e. The molecule has 0 unspecified atom stereocenters. The Morgan fingerprint density at radius 1 is 1.00 bits per heavy atom. The number of carbonyl (C=O) groups is 1. The van der Waals surface area contributed by atoms with Crippen LogP contribution in [0.3, 0.4) is 0 Å². The molecule has 0 aliphatic rings. The zero-order valence-electron chi connectivity index (χ0n) is 9.84. The molecule has 0 N–H and O–H groups in total. The van der Waals surface area contributed by atoms with Crippen LogP contribution in [-0.2, 0) is 4.79 Å². The molecule has 0 fully saturated rings. The SMILES string of the molecule is COc1ccccc1C(=O)c1ccccc1[C]=O. The van der Waals surface area contributed by atoms with E-state index >= 15 is 0 Å². The largest absolute Gasteiger partial charge is 0.496 e. The zero-order valence-corrected chi connectivity index (χ0v) is 9.84. The molecule has 0 amide bonds. The Morgan fingerprint density at radius 2 is 1.61 bits per heavy atom. The van der Waals surface area contributed by atoms with Gasteiger partial charge in [-0.05, 0) is 12.1 Å². The van der Waals surface area contributed by atoms with E-state index in [1.807, 2.05) is 0 Å². The second kappa shape index (κ2) is 5.27. The van der Waals surface area contributed by atoms with Crippen molar-refractivity contribution in [2.75, 3.05) is 7.11 Å². The molecule has 0 bridgehead atoms. The lowest BCUT2D eigenvalue weighted by molar-refractivity contribution is 0.103. The fourth-order valence-corrected chi connectivity index (χ4v) is 1.75. The smallest absolute Gasteiger partial charge is 0.234 e. The number of hydrogen-bond donors (Lipinski definition) is 0.